The predicted molar refractivity (Wildman–Crippen MR) is 103 cm³/mol. The van der Waals surface area contributed by atoms with Crippen LogP contribution in [0, 0.1) is 0 Å². The SMILES string of the molecule is Clc1ccc(OCC2CN(Cc3ccc(-n4ccnc4)cc3)CCO2)nc1. The van der Waals surface area contributed by atoms with Crippen LogP contribution in [0.4, 0.5) is 0 Å². The molecule has 0 bridgehead atoms. The van der Waals surface area contributed by atoms with Crippen molar-refractivity contribution in [2.24, 2.45) is 0 Å². The topological polar surface area (TPSA) is 52.4 Å². The van der Waals surface area contributed by atoms with E-state index in [9.17, 15) is 0 Å². The number of ether oxygens (including phenoxy) is 2. The van der Waals surface area contributed by atoms with E-state index in [1.54, 1.807) is 30.9 Å². The minimum atomic E-state index is 0.0291. The largest absolute Gasteiger partial charge is 0.475 e. The van der Waals surface area contributed by atoms with Crippen molar-refractivity contribution in [2.75, 3.05) is 26.3 Å². The summed E-state index contributed by atoms with van der Waals surface area (Å²) in [7, 11) is 0. The van der Waals surface area contributed by atoms with E-state index in [4.69, 9.17) is 21.1 Å². The second-order valence-corrected chi connectivity index (χ2v) is 6.93. The van der Waals surface area contributed by atoms with Crippen LogP contribution in [0.15, 0.2) is 61.3 Å². The Bertz CT molecular complexity index is 837. The molecule has 1 aromatic carbocycles. The molecule has 7 heteroatoms. The van der Waals surface area contributed by atoms with Crippen LogP contribution in [0.3, 0.4) is 0 Å². The van der Waals surface area contributed by atoms with Crippen LogP contribution in [-0.2, 0) is 11.3 Å². The smallest absolute Gasteiger partial charge is 0.213 e. The van der Waals surface area contributed by atoms with Crippen LogP contribution >= 0.6 is 11.6 Å². The summed E-state index contributed by atoms with van der Waals surface area (Å²) in [6, 6.07) is 12.1. The second-order valence-electron chi connectivity index (χ2n) is 6.49. The average Bonchev–Trinajstić information content (AvgIpc) is 3.23. The van der Waals surface area contributed by atoms with E-state index < -0.39 is 0 Å². The predicted octanol–water partition coefficient (Wildman–Crippen LogP) is 3.20. The van der Waals surface area contributed by atoms with E-state index in [2.05, 4.69) is 39.1 Å². The van der Waals surface area contributed by atoms with E-state index >= 15 is 0 Å². The van der Waals surface area contributed by atoms with Gasteiger partial charge in [-0.1, -0.05) is 23.7 Å². The molecule has 3 aromatic rings. The van der Waals surface area contributed by atoms with Crippen LogP contribution in [-0.4, -0.2) is 51.8 Å². The molecule has 140 valence electrons. The number of benzene rings is 1. The number of hydrogen-bond donors (Lipinski definition) is 0. The highest BCUT2D eigenvalue weighted by Crippen LogP contribution is 2.16. The molecule has 1 aliphatic heterocycles. The molecule has 27 heavy (non-hydrogen) atoms. The van der Waals surface area contributed by atoms with Gasteiger partial charge in [-0.05, 0) is 23.8 Å². The van der Waals surface area contributed by atoms with Gasteiger partial charge in [0, 0.05) is 50.0 Å². The van der Waals surface area contributed by atoms with Crippen molar-refractivity contribution in [3.63, 3.8) is 0 Å². The standard InChI is InChI=1S/C20H21ClN4O2/c21-17-3-6-20(23-11-17)27-14-19-13-24(9-10-26-19)12-16-1-4-18(5-2-16)25-8-7-22-15-25/h1-8,11,15,19H,9-10,12-14H2. The molecule has 3 heterocycles. The monoisotopic (exact) mass is 384 g/mol. The Kier molecular flexibility index (Phi) is 5.67. The van der Waals surface area contributed by atoms with E-state index in [1.807, 2.05) is 10.8 Å². The maximum atomic E-state index is 5.84. The summed E-state index contributed by atoms with van der Waals surface area (Å²) in [5.74, 6) is 0.565. The van der Waals surface area contributed by atoms with Gasteiger partial charge in [0.25, 0.3) is 0 Å². The molecule has 0 spiro atoms. The van der Waals surface area contributed by atoms with Gasteiger partial charge in [0.05, 0.1) is 18.0 Å². The van der Waals surface area contributed by atoms with Crippen molar-refractivity contribution in [1.82, 2.24) is 19.4 Å². The quantitative estimate of drug-likeness (QED) is 0.653. The van der Waals surface area contributed by atoms with E-state index in [1.165, 1.54) is 5.56 Å². The Morgan fingerprint density at radius 3 is 2.81 bits per heavy atom. The fraction of sp³-hybridized carbons (Fsp3) is 0.300. The normalized spacial score (nSPS) is 17.7. The first-order valence-electron chi connectivity index (χ1n) is 8.92. The molecule has 0 radical (unpaired) electrons. The molecule has 1 unspecified atom stereocenters. The molecule has 4 rings (SSSR count). The van der Waals surface area contributed by atoms with Gasteiger partial charge in [-0.3, -0.25) is 4.90 Å². The molecule has 1 atom stereocenters. The highest BCUT2D eigenvalue weighted by molar-refractivity contribution is 6.30. The molecule has 6 nitrogen and oxygen atoms in total. The van der Waals surface area contributed by atoms with Crippen molar-refractivity contribution >= 4 is 11.6 Å². The Balaban J connectivity index is 1.29. The molecule has 0 saturated carbocycles. The number of halogens is 1. The summed E-state index contributed by atoms with van der Waals surface area (Å²) in [4.78, 5) is 10.6. The fourth-order valence-electron chi connectivity index (χ4n) is 3.09. The molecule has 1 aliphatic rings. The Hall–Kier alpha value is -2.41. The summed E-state index contributed by atoms with van der Waals surface area (Å²) in [6.45, 7) is 3.82. The lowest BCUT2D eigenvalue weighted by molar-refractivity contribution is -0.0510. The van der Waals surface area contributed by atoms with Gasteiger partial charge in [-0.25, -0.2) is 9.97 Å². The summed E-state index contributed by atoms with van der Waals surface area (Å²) in [6.07, 6.45) is 7.14. The molecule has 0 aliphatic carbocycles. The molecular formula is C20H21ClN4O2. The van der Waals surface area contributed by atoms with Crippen molar-refractivity contribution in [1.29, 1.82) is 0 Å². The van der Waals surface area contributed by atoms with Gasteiger partial charge >= 0.3 is 0 Å². The van der Waals surface area contributed by atoms with Crippen molar-refractivity contribution in [3.8, 4) is 11.6 Å². The van der Waals surface area contributed by atoms with Crippen molar-refractivity contribution in [3.05, 3.63) is 71.9 Å². The van der Waals surface area contributed by atoms with Gasteiger partial charge in [0.2, 0.25) is 5.88 Å². The Labute approximate surface area is 163 Å². The number of imidazole rings is 1. The number of nitrogens with zero attached hydrogens (tertiary/aromatic N) is 4. The molecular weight excluding hydrogens is 364 g/mol. The summed E-state index contributed by atoms with van der Waals surface area (Å²) in [5.41, 5.74) is 2.39. The van der Waals surface area contributed by atoms with Gasteiger partial charge in [-0.15, -0.1) is 0 Å². The number of morpholine rings is 1. The van der Waals surface area contributed by atoms with E-state index in [-0.39, 0.29) is 6.10 Å². The maximum absolute atomic E-state index is 5.84. The maximum Gasteiger partial charge on any atom is 0.213 e. The third-order valence-electron chi connectivity index (χ3n) is 4.49. The van der Waals surface area contributed by atoms with Crippen LogP contribution < -0.4 is 4.74 Å². The minimum Gasteiger partial charge on any atom is -0.475 e. The van der Waals surface area contributed by atoms with Gasteiger partial charge < -0.3 is 14.0 Å². The first-order chi connectivity index (χ1) is 13.3. The molecule has 0 N–H and O–H groups in total. The zero-order chi connectivity index (χ0) is 18.5. The van der Waals surface area contributed by atoms with Crippen LogP contribution in [0.2, 0.25) is 5.02 Å². The van der Waals surface area contributed by atoms with Crippen LogP contribution in [0.25, 0.3) is 5.69 Å². The summed E-state index contributed by atoms with van der Waals surface area (Å²) < 4.78 is 13.6. The van der Waals surface area contributed by atoms with Crippen LogP contribution in [0.5, 0.6) is 5.88 Å². The second kappa shape index (κ2) is 8.52. The number of rotatable bonds is 6. The first-order valence-corrected chi connectivity index (χ1v) is 9.30. The Morgan fingerprint density at radius 1 is 1.19 bits per heavy atom. The fourth-order valence-corrected chi connectivity index (χ4v) is 3.21. The molecule has 1 saturated heterocycles. The van der Waals surface area contributed by atoms with Crippen molar-refractivity contribution < 1.29 is 9.47 Å². The van der Waals surface area contributed by atoms with Gasteiger partial charge in [0.15, 0.2) is 0 Å². The summed E-state index contributed by atoms with van der Waals surface area (Å²) >= 11 is 5.84. The Morgan fingerprint density at radius 2 is 2.07 bits per heavy atom. The zero-order valence-electron chi connectivity index (χ0n) is 14.9. The van der Waals surface area contributed by atoms with Crippen molar-refractivity contribution in [2.45, 2.75) is 12.6 Å². The first kappa shape index (κ1) is 18.0. The van der Waals surface area contributed by atoms with Gasteiger partial charge in [0.1, 0.15) is 12.7 Å². The molecule has 2 aromatic heterocycles. The number of hydrogen-bond acceptors (Lipinski definition) is 5. The lowest BCUT2D eigenvalue weighted by atomic mass is 10.1. The number of aromatic nitrogens is 3. The highest BCUT2D eigenvalue weighted by atomic mass is 35.5. The number of pyridine rings is 1. The third-order valence-corrected chi connectivity index (χ3v) is 4.71. The lowest BCUT2D eigenvalue weighted by Gasteiger charge is -2.32. The highest BCUT2D eigenvalue weighted by Gasteiger charge is 2.21. The zero-order valence-corrected chi connectivity index (χ0v) is 15.6. The van der Waals surface area contributed by atoms with Crippen LogP contribution in [0.1, 0.15) is 5.56 Å². The molecule has 1 fully saturated rings. The third kappa shape index (κ3) is 4.86. The summed E-state index contributed by atoms with van der Waals surface area (Å²) in [5, 5.41) is 0.599. The molecule has 0 amide bonds. The minimum absolute atomic E-state index is 0.0291. The van der Waals surface area contributed by atoms with E-state index in [0.717, 1.165) is 25.3 Å². The lowest BCUT2D eigenvalue weighted by Crippen LogP contribution is -2.44. The van der Waals surface area contributed by atoms with Gasteiger partial charge in [-0.2, -0.15) is 0 Å². The average molecular weight is 385 g/mol. The van der Waals surface area contributed by atoms with E-state index in [0.29, 0.717) is 24.1 Å².